The van der Waals surface area contributed by atoms with E-state index < -0.39 is 0 Å². The van der Waals surface area contributed by atoms with E-state index in [4.69, 9.17) is 4.42 Å². The van der Waals surface area contributed by atoms with Gasteiger partial charge in [-0.15, -0.1) is 0 Å². The predicted octanol–water partition coefficient (Wildman–Crippen LogP) is 1.53. The number of hydrogen-bond acceptors (Lipinski definition) is 5. The average molecular weight is 299 g/mol. The van der Waals surface area contributed by atoms with Crippen LogP contribution in [0.25, 0.3) is 11.3 Å². The van der Waals surface area contributed by atoms with Crippen LogP contribution >= 0.6 is 0 Å². The first-order valence-electron chi connectivity index (χ1n) is 7.49. The second kappa shape index (κ2) is 5.14. The fourth-order valence-electron chi connectivity index (χ4n) is 3.43. The van der Waals surface area contributed by atoms with Gasteiger partial charge in [0.05, 0.1) is 11.8 Å². The van der Waals surface area contributed by atoms with E-state index in [0.29, 0.717) is 23.3 Å². The number of para-hydroxylation sites is 1. The second-order valence-corrected chi connectivity index (χ2v) is 5.96. The van der Waals surface area contributed by atoms with Crippen LogP contribution in [0, 0.1) is 5.92 Å². The lowest BCUT2D eigenvalue weighted by atomic mass is 10.0. The minimum atomic E-state index is -0.292. The Bertz CT molecular complexity index is 712. The van der Waals surface area contributed by atoms with Gasteiger partial charge in [0.25, 0.3) is 5.89 Å². The molecule has 114 valence electrons. The predicted molar refractivity (Wildman–Crippen MR) is 79.4 cm³/mol. The molecule has 1 aromatic heterocycles. The molecule has 2 fully saturated rings. The van der Waals surface area contributed by atoms with Crippen molar-refractivity contribution in [2.45, 2.75) is 24.9 Å². The number of benzene rings is 1. The summed E-state index contributed by atoms with van der Waals surface area (Å²) < 4.78 is 5.50. The van der Waals surface area contributed by atoms with Gasteiger partial charge in [-0.25, -0.2) is 4.98 Å². The average Bonchev–Trinajstić information content (AvgIpc) is 3.24. The van der Waals surface area contributed by atoms with Gasteiger partial charge in [0.1, 0.15) is 5.75 Å². The number of hydrogen-bond donors (Lipinski definition) is 3. The number of nitrogens with one attached hydrogen (secondary N) is 2. The van der Waals surface area contributed by atoms with Crippen molar-refractivity contribution in [2.24, 2.45) is 5.92 Å². The molecule has 3 atom stereocenters. The molecule has 1 aliphatic heterocycles. The molecule has 2 aromatic rings. The van der Waals surface area contributed by atoms with Crippen molar-refractivity contribution in [3.63, 3.8) is 0 Å². The van der Waals surface area contributed by atoms with Crippen LogP contribution in [0.1, 0.15) is 23.5 Å². The fourth-order valence-corrected chi connectivity index (χ4v) is 3.43. The third-order valence-corrected chi connectivity index (χ3v) is 4.55. The van der Waals surface area contributed by atoms with Crippen LogP contribution in [0.4, 0.5) is 0 Å². The van der Waals surface area contributed by atoms with E-state index in [1.165, 1.54) is 6.20 Å². The molecule has 2 aliphatic rings. The van der Waals surface area contributed by atoms with Gasteiger partial charge in [0.2, 0.25) is 0 Å². The Labute approximate surface area is 127 Å². The summed E-state index contributed by atoms with van der Waals surface area (Å²) in [6, 6.07) is 7.53. The Kier molecular flexibility index (Phi) is 3.11. The van der Waals surface area contributed by atoms with E-state index in [1.54, 1.807) is 24.3 Å². The standard InChI is InChI=1S/C16H17N3O3/c20-13-4-2-1-3-11(13)14-8-18-16(22-14)15(21)19-12-6-10-5-9(12)7-17-10/h1-4,8-10,12,17,20H,5-7H2,(H,19,21). The zero-order valence-electron chi connectivity index (χ0n) is 12.0. The third-order valence-electron chi connectivity index (χ3n) is 4.55. The molecular weight excluding hydrogens is 282 g/mol. The number of piperidine rings is 1. The quantitative estimate of drug-likeness (QED) is 0.800. The van der Waals surface area contributed by atoms with Crippen LogP contribution in [0.2, 0.25) is 0 Å². The maximum Gasteiger partial charge on any atom is 0.307 e. The summed E-state index contributed by atoms with van der Waals surface area (Å²) in [6.45, 7) is 0.963. The summed E-state index contributed by atoms with van der Waals surface area (Å²) in [6.07, 6.45) is 3.55. The molecule has 22 heavy (non-hydrogen) atoms. The first kappa shape index (κ1) is 13.3. The lowest BCUT2D eigenvalue weighted by Crippen LogP contribution is -2.44. The molecular formula is C16H17N3O3. The molecule has 2 heterocycles. The van der Waals surface area contributed by atoms with Crippen molar-refractivity contribution < 1.29 is 14.3 Å². The van der Waals surface area contributed by atoms with Crippen molar-refractivity contribution in [3.05, 3.63) is 36.4 Å². The number of carbonyl (C=O) groups is 1. The van der Waals surface area contributed by atoms with E-state index >= 15 is 0 Å². The molecule has 2 bridgehead atoms. The zero-order valence-corrected chi connectivity index (χ0v) is 12.0. The van der Waals surface area contributed by atoms with Crippen LogP contribution in [-0.4, -0.2) is 34.6 Å². The van der Waals surface area contributed by atoms with Gasteiger partial charge in [0, 0.05) is 18.6 Å². The van der Waals surface area contributed by atoms with E-state index in [-0.39, 0.29) is 23.6 Å². The van der Waals surface area contributed by atoms with E-state index in [1.807, 2.05) is 0 Å². The Morgan fingerprint density at radius 1 is 1.36 bits per heavy atom. The molecule has 3 unspecified atom stereocenters. The highest BCUT2D eigenvalue weighted by Crippen LogP contribution is 2.32. The molecule has 1 amide bonds. The number of rotatable bonds is 3. The number of oxazole rings is 1. The maximum absolute atomic E-state index is 12.3. The summed E-state index contributed by atoms with van der Waals surface area (Å²) >= 11 is 0. The van der Waals surface area contributed by atoms with Crippen LogP contribution in [-0.2, 0) is 0 Å². The highest BCUT2D eigenvalue weighted by Gasteiger charge is 2.40. The SMILES string of the molecule is O=C(NC1CC2CC1CN2)c1ncc(-c2ccccc2O)o1. The van der Waals surface area contributed by atoms with Crippen molar-refractivity contribution in [1.29, 1.82) is 0 Å². The molecule has 0 spiro atoms. The van der Waals surface area contributed by atoms with Gasteiger partial charge in [0.15, 0.2) is 5.76 Å². The topological polar surface area (TPSA) is 87.4 Å². The summed E-state index contributed by atoms with van der Waals surface area (Å²) in [5.41, 5.74) is 0.526. The zero-order chi connectivity index (χ0) is 15.1. The molecule has 1 aromatic carbocycles. The number of phenolic OH excluding ortho intramolecular Hbond substituents is 1. The van der Waals surface area contributed by atoms with Crippen LogP contribution in [0.5, 0.6) is 5.75 Å². The monoisotopic (exact) mass is 299 g/mol. The minimum Gasteiger partial charge on any atom is -0.507 e. The first-order chi connectivity index (χ1) is 10.7. The third kappa shape index (κ3) is 2.25. The Morgan fingerprint density at radius 3 is 2.95 bits per heavy atom. The van der Waals surface area contributed by atoms with Crippen LogP contribution < -0.4 is 10.6 Å². The van der Waals surface area contributed by atoms with Gasteiger partial charge in [-0.3, -0.25) is 4.79 Å². The Morgan fingerprint density at radius 2 is 2.23 bits per heavy atom. The molecule has 1 saturated carbocycles. The highest BCUT2D eigenvalue weighted by atomic mass is 16.4. The largest absolute Gasteiger partial charge is 0.507 e. The lowest BCUT2D eigenvalue weighted by Gasteiger charge is -2.22. The fraction of sp³-hybridized carbons (Fsp3) is 0.375. The van der Waals surface area contributed by atoms with Gasteiger partial charge in [-0.1, -0.05) is 12.1 Å². The molecule has 4 rings (SSSR count). The number of amides is 1. The normalized spacial score (nSPS) is 26.3. The number of phenols is 1. The number of aromatic nitrogens is 1. The van der Waals surface area contributed by atoms with Crippen molar-refractivity contribution in [1.82, 2.24) is 15.6 Å². The number of carbonyl (C=O) groups excluding carboxylic acids is 1. The van der Waals surface area contributed by atoms with Gasteiger partial charge in [-0.2, -0.15) is 0 Å². The summed E-state index contributed by atoms with van der Waals surface area (Å²) in [5.74, 6) is 0.734. The van der Waals surface area contributed by atoms with Gasteiger partial charge >= 0.3 is 5.91 Å². The molecule has 6 heteroatoms. The van der Waals surface area contributed by atoms with Gasteiger partial charge < -0.3 is 20.2 Å². The van der Waals surface area contributed by atoms with Crippen molar-refractivity contribution in [2.75, 3.05) is 6.54 Å². The van der Waals surface area contributed by atoms with E-state index in [2.05, 4.69) is 15.6 Å². The minimum absolute atomic E-state index is 0.0361. The summed E-state index contributed by atoms with van der Waals surface area (Å²) in [7, 11) is 0. The summed E-state index contributed by atoms with van der Waals surface area (Å²) in [4.78, 5) is 16.3. The summed E-state index contributed by atoms with van der Waals surface area (Å²) in [5, 5.41) is 16.2. The Hall–Kier alpha value is -2.34. The van der Waals surface area contributed by atoms with Crippen LogP contribution in [0.15, 0.2) is 34.9 Å². The maximum atomic E-state index is 12.3. The van der Waals surface area contributed by atoms with Crippen molar-refractivity contribution >= 4 is 5.91 Å². The second-order valence-electron chi connectivity index (χ2n) is 5.96. The number of aromatic hydroxyl groups is 1. The first-order valence-corrected chi connectivity index (χ1v) is 7.49. The highest BCUT2D eigenvalue weighted by molar-refractivity contribution is 5.90. The molecule has 0 radical (unpaired) electrons. The molecule has 1 aliphatic carbocycles. The molecule has 6 nitrogen and oxygen atoms in total. The molecule has 1 saturated heterocycles. The number of fused-ring (bicyclic) bond motifs is 2. The van der Waals surface area contributed by atoms with Crippen LogP contribution in [0.3, 0.4) is 0 Å². The molecule has 3 N–H and O–H groups in total. The smallest absolute Gasteiger partial charge is 0.307 e. The lowest BCUT2D eigenvalue weighted by molar-refractivity contribution is 0.0890. The van der Waals surface area contributed by atoms with E-state index in [9.17, 15) is 9.90 Å². The number of nitrogens with zero attached hydrogens (tertiary/aromatic N) is 1. The van der Waals surface area contributed by atoms with E-state index in [0.717, 1.165) is 19.4 Å². The Balaban J connectivity index is 1.49. The van der Waals surface area contributed by atoms with Gasteiger partial charge in [-0.05, 0) is 30.9 Å². The van der Waals surface area contributed by atoms with Crippen molar-refractivity contribution in [3.8, 4) is 17.1 Å².